The number of benzene rings is 4. The van der Waals surface area contributed by atoms with Crippen LogP contribution in [0.3, 0.4) is 0 Å². The van der Waals surface area contributed by atoms with Gasteiger partial charge in [-0.3, -0.25) is 19.0 Å². The number of methoxy groups -OCH3 is 2. The summed E-state index contributed by atoms with van der Waals surface area (Å²) in [4.78, 5) is 52.9. The molecule has 1 amide bonds. The number of aliphatic carboxylic acids is 1. The Morgan fingerprint density at radius 3 is 1.89 bits per heavy atom. The SMILES string of the molecule is CCN(CC)CC.COc1ccc(C(OC[C@H]2O[C@@H](n3cnc4c(NC(=O)c5ccccc5)ncnc43)C[C@@H]2OC(=O)CCC(=O)O)(c2ccccc2)c2ccc(OC)cc2)cc1. The second kappa shape index (κ2) is 21.9. The number of anilines is 1. The summed E-state index contributed by atoms with van der Waals surface area (Å²) in [6.45, 7) is 10.1. The Balaban J connectivity index is 0.000000871. The van der Waals surface area contributed by atoms with Crippen LogP contribution >= 0.6 is 0 Å². The highest BCUT2D eigenvalue weighted by molar-refractivity contribution is 6.06. The highest BCUT2D eigenvalue weighted by Gasteiger charge is 2.44. The van der Waals surface area contributed by atoms with E-state index in [1.807, 2.05) is 84.9 Å². The van der Waals surface area contributed by atoms with Gasteiger partial charge in [0.25, 0.3) is 5.91 Å². The predicted molar refractivity (Wildman–Crippen MR) is 237 cm³/mol. The van der Waals surface area contributed by atoms with Gasteiger partial charge in [-0.1, -0.05) is 93.6 Å². The maximum Gasteiger partial charge on any atom is 0.306 e. The molecule has 2 N–H and O–H groups in total. The van der Waals surface area contributed by atoms with E-state index in [2.05, 4.69) is 45.9 Å². The molecule has 0 unspecified atom stereocenters. The highest BCUT2D eigenvalue weighted by atomic mass is 16.6. The fourth-order valence-electron chi connectivity index (χ4n) is 7.46. The van der Waals surface area contributed by atoms with Crippen LogP contribution in [0.25, 0.3) is 11.2 Å². The van der Waals surface area contributed by atoms with E-state index < -0.39 is 36.0 Å². The number of rotatable bonds is 18. The summed E-state index contributed by atoms with van der Waals surface area (Å²) in [7, 11) is 3.20. The number of carboxylic acid groups (broad SMARTS) is 1. The molecule has 0 saturated carbocycles. The molecule has 1 aliphatic heterocycles. The van der Waals surface area contributed by atoms with Crippen LogP contribution in [0.1, 0.15) is 73.3 Å². The van der Waals surface area contributed by atoms with E-state index in [1.54, 1.807) is 43.1 Å². The summed E-state index contributed by atoms with van der Waals surface area (Å²) in [5, 5.41) is 12.0. The lowest BCUT2D eigenvalue weighted by molar-refractivity contribution is -0.157. The van der Waals surface area contributed by atoms with Gasteiger partial charge in [0.2, 0.25) is 0 Å². The molecule has 0 radical (unpaired) electrons. The number of nitrogens with zero attached hydrogens (tertiary/aromatic N) is 5. The van der Waals surface area contributed by atoms with E-state index in [4.69, 9.17) is 23.7 Å². The molecular weight excluding hydrogens is 805 g/mol. The molecule has 0 aliphatic carbocycles. The van der Waals surface area contributed by atoms with E-state index in [-0.39, 0.29) is 37.6 Å². The van der Waals surface area contributed by atoms with Crippen molar-refractivity contribution in [3.05, 3.63) is 144 Å². The molecule has 0 bridgehead atoms. The quantitative estimate of drug-likeness (QED) is 0.0642. The van der Waals surface area contributed by atoms with E-state index in [0.717, 1.165) is 16.7 Å². The van der Waals surface area contributed by atoms with Crippen LogP contribution in [-0.4, -0.2) is 100 Å². The van der Waals surface area contributed by atoms with Crippen molar-refractivity contribution in [3.8, 4) is 11.5 Å². The van der Waals surface area contributed by atoms with Gasteiger partial charge >= 0.3 is 11.9 Å². The van der Waals surface area contributed by atoms with Crippen molar-refractivity contribution >= 4 is 34.8 Å². The molecule has 1 fully saturated rings. The molecular formula is C48H54N6O9. The monoisotopic (exact) mass is 858 g/mol. The van der Waals surface area contributed by atoms with Crippen LogP contribution in [0, 0.1) is 0 Å². The van der Waals surface area contributed by atoms with E-state index >= 15 is 0 Å². The van der Waals surface area contributed by atoms with Gasteiger partial charge in [0.1, 0.15) is 41.9 Å². The third-order valence-corrected chi connectivity index (χ3v) is 10.9. The number of aromatic nitrogens is 4. The van der Waals surface area contributed by atoms with Crippen molar-refractivity contribution in [1.82, 2.24) is 24.4 Å². The van der Waals surface area contributed by atoms with E-state index in [0.29, 0.717) is 28.2 Å². The Labute approximate surface area is 367 Å². The smallest absolute Gasteiger partial charge is 0.306 e. The zero-order chi connectivity index (χ0) is 44.8. The maximum atomic E-state index is 13.0. The fourth-order valence-corrected chi connectivity index (χ4v) is 7.46. The first-order valence-electron chi connectivity index (χ1n) is 20.9. The summed E-state index contributed by atoms with van der Waals surface area (Å²) in [6, 6.07) is 33.6. The third kappa shape index (κ3) is 11.0. The second-order valence-electron chi connectivity index (χ2n) is 14.6. The standard InChI is InChI=1S/C42H39N5O9.C6H15N/c1-52-31-17-13-29(14-18-31)42(28-11-7-4-8-12-28,30-15-19-32(53-2)20-16-30)54-24-34-33(56-37(50)22-21-36(48)49)23-35(55-34)47-26-45-38-39(43-25-44-40(38)47)46-41(51)27-9-5-3-6-10-27;1-4-7(5-2)6-3/h3-20,25-26,33-35H,21-24H2,1-2H3,(H,48,49)(H,43,44,46,51);4-6H2,1-3H3/t33-,34+,35+;/m0./s1. The molecule has 1 aliphatic rings. The second-order valence-corrected chi connectivity index (χ2v) is 14.6. The molecule has 15 nitrogen and oxygen atoms in total. The Kier molecular flexibility index (Phi) is 15.9. The van der Waals surface area contributed by atoms with Crippen molar-refractivity contribution < 1.29 is 43.2 Å². The van der Waals surface area contributed by atoms with Gasteiger partial charge in [-0.15, -0.1) is 0 Å². The Hall–Kier alpha value is -6.68. The summed E-state index contributed by atoms with van der Waals surface area (Å²) in [5.74, 6) is -0.620. The summed E-state index contributed by atoms with van der Waals surface area (Å²) >= 11 is 0. The van der Waals surface area contributed by atoms with Gasteiger partial charge in [-0.25, -0.2) is 15.0 Å². The lowest BCUT2D eigenvalue weighted by Gasteiger charge is -2.37. The fraction of sp³-hybridized carbons (Fsp3) is 0.333. The number of esters is 1. The van der Waals surface area contributed by atoms with Crippen LogP contribution in [0.5, 0.6) is 11.5 Å². The van der Waals surface area contributed by atoms with Crippen molar-refractivity contribution in [3.63, 3.8) is 0 Å². The number of carbonyl (C=O) groups is 3. The number of imidazole rings is 1. The minimum Gasteiger partial charge on any atom is -0.497 e. The lowest BCUT2D eigenvalue weighted by atomic mass is 9.80. The molecule has 2 aromatic heterocycles. The van der Waals surface area contributed by atoms with Crippen LogP contribution in [0.2, 0.25) is 0 Å². The van der Waals surface area contributed by atoms with Crippen molar-refractivity contribution in [2.75, 3.05) is 45.8 Å². The topological polar surface area (TPSA) is 176 Å². The molecule has 63 heavy (non-hydrogen) atoms. The van der Waals surface area contributed by atoms with E-state index in [9.17, 15) is 19.5 Å². The van der Waals surface area contributed by atoms with Gasteiger partial charge < -0.3 is 39.0 Å². The predicted octanol–water partition coefficient (Wildman–Crippen LogP) is 7.52. The number of carbonyl (C=O) groups excluding carboxylic acids is 2. The number of hydrogen-bond donors (Lipinski definition) is 2. The van der Waals surface area contributed by atoms with Gasteiger partial charge in [0.15, 0.2) is 17.0 Å². The molecule has 15 heteroatoms. The highest BCUT2D eigenvalue weighted by Crippen LogP contribution is 2.43. The number of fused-ring (bicyclic) bond motifs is 1. The minimum absolute atomic E-state index is 0.0691. The van der Waals surface area contributed by atoms with Gasteiger partial charge in [0, 0.05) is 12.0 Å². The first-order chi connectivity index (χ1) is 30.6. The molecule has 6 aromatic rings. The normalized spacial score (nSPS) is 15.9. The lowest BCUT2D eigenvalue weighted by Crippen LogP contribution is -2.39. The van der Waals surface area contributed by atoms with Crippen molar-refractivity contribution in [1.29, 1.82) is 0 Å². The van der Waals surface area contributed by atoms with Gasteiger partial charge in [0.05, 0.1) is 40.0 Å². The number of hydrogen-bond acceptors (Lipinski definition) is 12. The number of nitrogens with one attached hydrogen (secondary N) is 1. The first-order valence-corrected chi connectivity index (χ1v) is 20.9. The largest absolute Gasteiger partial charge is 0.497 e. The van der Waals surface area contributed by atoms with Crippen LogP contribution in [0.4, 0.5) is 5.82 Å². The summed E-state index contributed by atoms with van der Waals surface area (Å²) < 4.78 is 32.3. The van der Waals surface area contributed by atoms with Crippen LogP contribution < -0.4 is 14.8 Å². The van der Waals surface area contributed by atoms with E-state index in [1.165, 1.54) is 32.3 Å². The summed E-state index contributed by atoms with van der Waals surface area (Å²) in [5.41, 5.74) is 2.37. The minimum atomic E-state index is -1.19. The molecule has 4 aromatic carbocycles. The number of amides is 1. The number of carboxylic acids is 1. The third-order valence-electron chi connectivity index (χ3n) is 10.9. The molecule has 3 atom stereocenters. The average Bonchev–Trinajstić information content (AvgIpc) is 3.95. The molecule has 3 heterocycles. The molecule has 0 spiro atoms. The Morgan fingerprint density at radius 2 is 1.35 bits per heavy atom. The molecule has 7 rings (SSSR count). The van der Waals surface area contributed by atoms with Crippen LogP contribution in [-0.2, 0) is 29.4 Å². The maximum absolute atomic E-state index is 13.0. The summed E-state index contributed by atoms with van der Waals surface area (Å²) in [6.07, 6.45) is -0.118. The average molecular weight is 859 g/mol. The van der Waals surface area contributed by atoms with Gasteiger partial charge in [-0.05, 0) is 72.7 Å². The van der Waals surface area contributed by atoms with Crippen molar-refractivity contribution in [2.24, 2.45) is 0 Å². The van der Waals surface area contributed by atoms with Crippen molar-refractivity contribution in [2.45, 2.75) is 64.1 Å². The Morgan fingerprint density at radius 1 is 0.778 bits per heavy atom. The van der Waals surface area contributed by atoms with Gasteiger partial charge in [-0.2, -0.15) is 0 Å². The molecule has 330 valence electrons. The molecule has 1 saturated heterocycles. The zero-order valence-corrected chi connectivity index (χ0v) is 36.2. The Bertz CT molecular complexity index is 2340. The first kappa shape index (κ1) is 45.8. The number of ether oxygens (including phenoxy) is 5. The zero-order valence-electron chi connectivity index (χ0n) is 36.2. The van der Waals surface area contributed by atoms with Crippen LogP contribution in [0.15, 0.2) is 122 Å².